The monoisotopic (exact) mass is 319 g/mol. The second kappa shape index (κ2) is 6.26. The Morgan fingerprint density at radius 1 is 1.17 bits per heavy atom. The number of amides is 2. The lowest BCUT2D eigenvalue weighted by Crippen LogP contribution is -2.46. The molecule has 0 aromatic carbocycles. The Balaban J connectivity index is 1.60. The van der Waals surface area contributed by atoms with Crippen LogP contribution in [0.2, 0.25) is 0 Å². The number of aryl methyl sites for hydroxylation is 1. The minimum absolute atomic E-state index is 0.00141. The molecule has 2 fully saturated rings. The van der Waals surface area contributed by atoms with Crippen LogP contribution in [-0.2, 0) is 4.74 Å². The van der Waals surface area contributed by atoms with Crippen molar-refractivity contribution in [3.05, 3.63) is 23.0 Å². The number of aromatic nitrogens is 1. The smallest absolute Gasteiger partial charge is 0.409 e. The summed E-state index contributed by atoms with van der Waals surface area (Å²) < 4.78 is 7.02. The van der Waals surface area contributed by atoms with Crippen LogP contribution in [-0.4, -0.2) is 47.7 Å². The van der Waals surface area contributed by atoms with Crippen molar-refractivity contribution < 1.29 is 14.3 Å². The van der Waals surface area contributed by atoms with Crippen LogP contribution in [0.25, 0.3) is 0 Å². The Bertz CT molecular complexity index is 611. The van der Waals surface area contributed by atoms with Gasteiger partial charge in [0.1, 0.15) is 0 Å². The van der Waals surface area contributed by atoms with E-state index in [1.165, 1.54) is 20.0 Å². The summed E-state index contributed by atoms with van der Waals surface area (Å²) in [5.41, 5.74) is 3.01. The van der Waals surface area contributed by atoms with Crippen molar-refractivity contribution in [1.29, 1.82) is 0 Å². The first-order chi connectivity index (χ1) is 11.0. The molecule has 1 saturated carbocycles. The van der Waals surface area contributed by atoms with Gasteiger partial charge in [-0.1, -0.05) is 0 Å². The van der Waals surface area contributed by atoms with E-state index in [0.29, 0.717) is 19.1 Å². The topological polar surface area (TPSA) is 63.6 Å². The molecule has 6 heteroatoms. The Hall–Kier alpha value is -1.98. The predicted molar refractivity (Wildman–Crippen MR) is 86.6 cm³/mol. The average Bonchev–Trinajstić information content (AvgIpc) is 3.32. The van der Waals surface area contributed by atoms with Gasteiger partial charge in [-0.2, -0.15) is 0 Å². The molecule has 1 aliphatic carbocycles. The number of hydrogen-bond donors (Lipinski definition) is 1. The Morgan fingerprint density at radius 3 is 2.39 bits per heavy atom. The number of carbonyl (C=O) groups is 2. The van der Waals surface area contributed by atoms with Crippen LogP contribution in [0.15, 0.2) is 6.07 Å². The number of methoxy groups -OCH3 is 1. The number of hydrogen-bond acceptors (Lipinski definition) is 3. The molecule has 23 heavy (non-hydrogen) atoms. The number of piperidine rings is 1. The second-order valence-electron chi connectivity index (χ2n) is 6.59. The maximum Gasteiger partial charge on any atom is 0.409 e. The van der Waals surface area contributed by atoms with Crippen molar-refractivity contribution in [2.45, 2.75) is 51.6 Å². The maximum absolute atomic E-state index is 12.6. The van der Waals surface area contributed by atoms with E-state index in [2.05, 4.69) is 16.8 Å². The van der Waals surface area contributed by atoms with Gasteiger partial charge in [0.15, 0.2) is 0 Å². The van der Waals surface area contributed by atoms with E-state index >= 15 is 0 Å². The summed E-state index contributed by atoms with van der Waals surface area (Å²) in [7, 11) is 1.39. The zero-order chi connectivity index (χ0) is 16.6. The Labute approximate surface area is 136 Å². The fourth-order valence-corrected chi connectivity index (χ4v) is 3.50. The first-order valence-electron chi connectivity index (χ1n) is 8.33. The summed E-state index contributed by atoms with van der Waals surface area (Å²) in [5.74, 6) is 0.00141. The summed E-state index contributed by atoms with van der Waals surface area (Å²) in [4.78, 5) is 25.8. The highest BCUT2D eigenvalue weighted by Gasteiger charge is 2.29. The highest BCUT2D eigenvalue weighted by atomic mass is 16.5. The van der Waals surface area contributed by atoms with Crippen molar-refractivity contribution in [3.8, 4) is 0 Å². The number of rotatable bonds is 3. The van der Waals surface area contributed by atoms with Crippen molar-refractivity contribution in [2.75, 3.05) is 20.2 Å². The molecule has 0 atom stereocenters. The summed E-state index contributed by atoms with van der Waals surface area (Å²) in [6.07, 6.45) is 3.67. The average molecular weight is 319 g/mol. The molecular formula is C17H25N3O3. The summed E-state index contributed by atoms with van der Waals surface area (Å²) >= 11 is 0. The van der Waals surface area contributed by atoms with E-state index in [1.807, 2.05) is 13.0 Å². The molecule has 126 valence electrons. The fourth-order valence-electron chi connectivity index (χ4n) is 3.50. The van der Waals surface area contributed by atoms with Gasteiger partial charge >= 0.3 is 6.09 Å². The molecule has 1 N–H and O–H groups in total. The van der Waals surface area contributed by atoms with Crippen molar-refractivity contribution in [3.63, 3.8) is 0 Å². The SMILES string of the molecule is COC(=O)N1CCC(NC(=O)c2cc(C)n(C3CC3)c2C)CC1. The minimum Gasteiger partial charge on any atom is -0.453 e. The minimum atomic E-state index is -0.289. The molecule has 0 radical (unpaired) electrons. The van der Waals surface area contributed by atoms with Gasteiger partial charge in [0.2, 0.25) is 0 Å². The van der Waals surface area contributed by atoms with E-state index in [0.717, 1.165) is 29.8 Å². The molecule has 0 bridgehead atoms. The highest BCUT2D eigenvalue weighted by molar-refractivity contribution is 5.96. The number of likely N-dealkylation sites (tertiary alicyclic amines) is 1. The van der Waals surface area contributed by atoms with Crippen LogP contribution in [0.1, 0.15) is 53.5 Å². The van der Waals surface area contributed by atoms with Crippen LogP contribution in [0.5, 0.6) is 0 Å². The summed E-state index contributed by atoms with van der Waals surface area (Å²) in [6, 6.07) is 2.69. The van der Waals surface area contributed by atoms with Crippen LogP contribution >= 0.6 is 0 Å². The fraction of sp³-hybridized carbons (Fsp3) is 0.647. The van der Waals surface area contributed by atoms with Crippen LogP contribution in [0, 0.1) is 13.8 Å². The Morgan fingerprint density at radius 2 is 1.83 bits per heavy atom. The lowest BCUT2D eigenvalue weighted by atomic mass is 10.0. The van der Waals surface area contributed by atoms with E-state index < -0.39 is 0 Å². The van der Waals surface area contributed by atoms with E-state index in [9.17, 15) is 9.59 Å². The van der Waals surface area contributed by atoms with Gasteiger partial charge in [-0.3, -0.25) is 4.79 Å². The lowest BCUT2D eigenvalue weighted by Gasteiger charge is -2.31. The largest absolute Gasteiger partial charge is 0.453 e. The van der Waals surface area contributed by atoms with E-state index in [4.69, 9.17) is 4.74 Å². The molecule has 1 aliphatic heterocycles. The van der Waals surface area contributed by atoms with Crippen LogP contribution in [0.3, 0.4) is 0 Å². The van der Waals surface area contributed by atoms with Gasteiger partial charge in [-0.05, 0) is 45.6 Å². The number of nitrogens with one attached hydrogen (secondary N) is 1. The second-order valence-corrected chi connectivity index (χ2v) is 6.59. The number of carbonyl (C=O) groups excluding carboxylic acids is 2. The van der Waals surface area contributed by atoms with Gasteiger partial charge in [0, 0.05) is 36.6 Å². The molecule has 1 saturated heterocycles. The first kappa shape index (κ1) is 15.9. The van der Waals surface area contributed by atoms with Crippen molar-refractivity contribution in [2.24, 2.45) is 0 Å². The molecule has 2 amide bonds. The molecule has 3 rings (SSSR count). The normalized spacial score (nSPS) is 18.8. The van der Waals surface area contributed by atoms with Crippen LogP contribution < -0.4 is 5.32 Å². The number of nitrogens with zero attached hydrogens (tertiary/aromatic N) is 2. The molecule has 6 nitrogen and oxygen atoms in total. The summed E-state index contributed by atoms with van der Waals surface area (Å²) in [6.45, 7) is 5.34. The lowest BCUT2D eigenvalue weighted by molar-refractivity contribution is 0.0891. The highest BCUT2D eigenvalue weighted by Crippen LogP contribution is 2.38. The molecular weight excluding hydrogens is 294 g/mol. The quantitative estimate of drug-likeness (QED) is 0.930. The van der Waals surface area contributed by atoms with Gasteiger partial charge < -0.3 is 19.5 Å². The van der Waals surface area contributed by atoms with E-state index in [1.54, 1.807) is 4.90 Å². The van der Waals surface area contributed by atoms with Gasteiger partial charge in [-0.25, -0.2) is 4.79 Å². The standard InChI is InChI=1S/C17H25N3O3/c1-11-10-15(12(2)20(11)14-4-5-14)16(21)18-13-6-8-19(9-7-13)17(22)23-3/h10,13-14H,4-9H2,1-3H3,(H,18,21). The first-order valence-corrected chi connectivity index (χ1v) is 8.33. The third-order valence-electron chi connectivity index (χ3n) is 4.90. The Kier molecular flexibility index (Phi) is 4.33. The predicted octanol–water partition coefficient (Wildman–Crippen LogP) is 2.40. The molecule has 2 aliphatic rings. The zero-order valence-corrected chi connectivity index (χ0v) is 14.1. The van der Waals surface area contributed by atoms with Gasteiger partial charge in [0.05, 0.1) is 12.7 Å². The van der Waals surface area contributed by atoms with Gasteiger partial charge in [-0.15, -0.1) is 0 Å². The molecule has 1 aromatic heterocycles. The third-order valence-corrected chi connectivity index (χ3v) is 4.90. The van der Waals surface area contributed by atoms with Crippen molar-refractivity contribution >= 4 is 12.0 Å². The molecule has 0 unspecified atom stereocenters. The molecule has 0 spiro atoms. The van der Waals surface area contributed by atoms with E-state index in [-0.39, 0.29) is 18.0 Å². The zero-order valence-electron chi connectivity index (χ0n) is 14.1. The van der Waals surface area contributed by atoms with Crippen molar-refractivity contribution in [1.82, 2.24) is 14.8 Å². The molecule has 1 aromatic rings. The third kappa shape index (κ3) is 3.21. The molecule has 2 heterocycles. The van der Waals surface area contributed by atoms with Gasteiger partial charge in [0.25, 0.3) is 5.91 Å². The number of ether oxygens (including phenoxy) is 1. The van der Waals surface area contributed by atoms with Crippen LogP contribution in [0.4, 0.5) is 4.79 Å². The maximum atomic E-state index is 12.6. The summed E-state index contributed by atoms with van der Waals surface area (Å²) in [5, 5.41) is 3.12.